The molecule has 2 heterocycles. The Labute approximate surface area is 157 Å². The topological polar surface area (TPSA) is 98.8 Å². The molecule has 2 aliphatic rings. The first-order valence-electron chi connectivity index (χ1n) is 9.17. The van der Waals surface area contributed by atoms with Crippen LogP contribution in [0.15, 0.2) is 24.3 Å². The predicted molar refractivity (Wildman–Crippen MR) is 100 cm³/mol. The molecule has 1 atom stereocenters. The number of benzene rings is 1. The minimum absolute atomic E-state index is 0.0639. The summed E-state index contributed by atoms with van der Waals surface area (Å²) in [7, 11) is 0. The molecule has 8 heteroatoms. The molecule has 5 amide bonds. The zero-order valence-corrected chi connectivity index (χ0v) is 15.5. The molecule has 1 aromatic carbocycles. The Morgan fingerprint density at radius 2 is 2.07 bits per heavy atom. The second-order valence-corrected chi connectivity index (χ2v) is 7.30. The van der Waals surface area contributed by atoms with E-state index < -0.39 is 18.0 Å². The van der Waals surface area contributed by atoms with Crippen molar-refractivity contribution in [2.24, 2.45) is 5.92 Å². The summed E-state index contributed by atoms with van der Waals surface area (Å²) in [6.07, 6.45) is 1.88. The molecule has 144 valence electrons. The lowest BCUT2D eigenvalue weighted by Crippen LogP contribution is -2.38. The molecule has 27 heavy (non-hydrogen) atoms. The molecule has 0 bridgehead atoms. The lowest BCUT2D eigenvalue weighted by molar-refractivity contribution is -0.131. The lowest BCUT2D eigenvalue weighted by Gasteiger charge is -2.17. The van der Waals surface area contributed by atoms with Gasteiger partial charge >= 0.3 is 6.03 Å². The third-order valence-electron chi connectivity index (χ3n) is 4.63. The van der Waals surface area contributed by atoms with Crippen molar-refractivity contribution in [3.8, 4) is 0 Å². The number of hydrogen-bond acceptors (Lipinski definition) is 4. The van der Waals surface area contributed by atoms with Crippen molar-refractivity contribution in [2.45, 2.75) is 39.2 Å². The maximum atomic E-state index is 12.3. The largest absolute Gasteiger partial charge is 0.326 e. The second-order valence-electron chi connectivity index (χ2n) is 7.30. The van der Waals surface area contributed by atoms with E-state index in [2.05, 4.69) is 10.6 Å². The van der Waals surface area contributed by atoms with Crippen LogP contribution in [-0.4, -0.2) is 47.8 Å². The molecule has 1 unspecified atom stereocenters. The molecular weight excluding hydrogens is 348 g/mol. The molecule has 2 fully saturated rings. The minimum atomic E-state index is -0.574. The number of carbonyl (C=O) groups is 4. The number of amides is 5. The van der Waals surface area contributed by atoms with Gasteiger partial charge < -0.3 is 15.5 Å². The number of imide groups is 1. The van der Waals surface area contributed by atoms with E-state index in [9.17, 15) is 19.2 Å². The molecule has 2 N–H and O–H groups in total. The van der Waals surface area contributed by atoms with Gasteiger partial charge in [-0.05, 0) is 37.0 Å². The standard InChI is InChI=1S/C19H24N4O4/c1-12(2)9-15-18(26)23(19(27)21-15)11-16(24)20-13-5-3-6-14(10-13)22-8-4-7-17(22)25/h3,5-6,10,12,15H,4,7-9,11H2,1-2H3,(H,20,24)(H,21,27). The Kier molecular flexibility index (Phi) is 5.43. The van der Waals surface area contributed by atoms with Crippen molar-refractivity contribution in [3.63, 3.8) is 0 Å². The highest BCUT2D eigenvalue weighted by Gasteiger charge is 2.39. The molecule has 3 rings (SSSR count). The van der Waals surface area contributed by atoms with Crippen LogP contribution in [0.1, 0.15) is 33.1 Å². The number of hydrogen-bond donors (Lipinski definition) is 2. The number of nitrogens with one attached hydrogen (secondary N) is 2. The molecule has 2 aliphatic heterocycles. The van der Waals surface area contributed by atoms with Crippen LogP contribution in [0.25, 0.3) is 0 Å². The van der Waals surface area contributed by atoms with Gasteiger partial charge in [0.2, 0.25) is 11.8 Å². The number of nitrogens with zero attached hydrogens (tertiary/aromatic N) is 2. The van der Waals surface area contributed by atoms with Gasteiger partial charge in [0.15, 0.2) is 0 Å². The summed E-state index contributed by atoms with van der Waals surface area (Å²) < 4.78 is 0. The zero-order chi connectivity index (χ0) is 19.6. The summed E-state index contributed by atoms with van der Waals surface area (Å²) in [5, 5.41) is 5.31. The van der Waals surface area contributed by atoms with Gasteiger partial charge in [-0.25, -0.2) is 4.79 Å². The van der Waals surface area contributed by atoms with Crippen molar-refractivity contribution < 1.29 is 19.2 Å². The normalized spacial score (nSPS) is 19.8. The summed E-state index contributed by atoms with van der Waals surface area (Å²) >= 11 is 0. The van der Waals surface area contributed by atoms with Gasteiger partial charge in [-0.3, -0.25) is 19.3 Å². The van der Waals surface area contributed by atoms with Crippen LogP contribution in [0.4, 0.5) is 16.2 Å². The molecule has 0 aliphatic carbocycles. The highest BCUT2D eigenvalue weighted by Crippen LogP contribution is 2.24. The molecule has 0 saturated carbocycles. The molecule has 2 saturated heterocycles. The van der Waals surface area contributed by atoms with E-state index in [0.29, 0.717) is 25.1 Å². The van der Waals surface area contributed by atoms with Crippen molar-refractivity contribution >= 4 is 35.1 Å². The second kappa shape index (κ2) is 7.77. The van der Waals surface area contributed by atoms with Gasteiger partial charge in [0, 0.05) is 24.3 Å². The summed E-state index contributed by atoms with van der Waals surface area (Å²) in [5.41, 5.74) is 1.24. The number of carbonyl (C=O) groups excluding carboxylic acids is 4. The highest BCUT2D eigenvalue weighted by molar-refractivity contribution is 6.08. The van der Waals surface area contributed by atoms with E-state index in [4.69, 9.17) is 0 Å². The summed E-state index contributed by atoms with van der Waals surface area (Å²) in [4.78, 5) is 51.1. The molecule has 8 nitrogen and oxygen atoms in total. The van der Waals surface area contributed by atoms with Crippen LogP contribution < -0.4 is 15.5 Å². The fourth-order valence-electron chi connectivity index (χ4n) is 3.37. The first kappa shape index (κ1) is 18.9. The Bertz CT molecular complexity index is 777. The fraction of sp³-hybridized carbons (Fsp3) is 0.474. The fourth-order valence-corrected chi connectivity index (χ4v) is 3.37. The van der Waals surface area contributed by atoms with Crippen LogP contribution in [0.2, 0.25) is 0 Å². The first-order valence-corrected chi connectivity index (χ1v) is 9.17. The lowest BCUT2D eigenvalue weighted by atomic mass is 10.0. The molecule has 0 aromatic heterocycles. The first-order chi connectivity index (χ1) is 12.8. The maximum Gasteiger partial charge on any atom is 0.325 e. The SMILES string of the molecule is CC(C)CC1NC(=O)N(CC(=O)Nc2cccc(N3CCCC3=O)c2)C1=O. The van der Waals surface area contributed by atoms with Gasteiger partial charge in [0.1, 0.15) is 12.6 Å². The number of anilines is 2. The van der Waals surface area contributed by atoms with Crippen LogP contribution in [-0.2, 0) is 14.4 Å². The van der Waals surface area contributed by atoms with Crippen molar-refractivity contribution in [3.05, 3.63) is 24.3 Å². The smallest absolute Gasteiger partial charge is 0.325 e. The summed E-state index contributed by atoms with van der Waals surface area (Å²) in [6, 6.07) is 5.87. The summed E-state index contributed by atoms with van der Waals surface area (Å²) in [5.74, 6) is -0.521. The van der Waals surface area contributed by atoms with Gasteiger partial charge in [0.25, 0.3) is 5.91 Å². The Morgan fingerprint density at radius 1 is 1.30 bits per heavy atom. The summed E-state index contributed by atoms with van der Waals surface area (Å²) in [6.45, 7) is 4.25. The third kappa shape index (κ3) is 4.27. The predicted octanol–water partition coefficient (Wildman–Crippen LogP) is 1.72. The van der Waals surface area contributed by atoms with E-state index in [1.165, 1.54) is 0 Å². The number of rotatable bonds is 6. The third-order valence-corrected chi connectivity index (χ3v) is 4.63. The van der Waals surface area contributed by atoms with E-state index >= 15 is 0 Å². The van der Waals surface area contributed by atoms with E-state index in [1.54, 1.807) is 23.1 Å². The van der Waals surface area contributed by atoms with Gasteiger partial charge in [0.05, 0.1) is 0 Å². The van der Waals surface area contributed by atoms with Gasteiger partial charge in [-0.2, -0.15) is 0 Å². The van der Waals surface area contributed by atoms with Crippen molar-refractivity contribution in [1.29, 1.82) is 0 Å². The monoisotopic (exact) mass is 372 g/mol. The average molecular weight is 372 g/mol. The minimum Gasteiger partial charge on any atom is -0.326 e. The van der Waals surface area contributed by atoms with Gasteiger partial charge in [-0.15, -0.1) is 0 Å². The van der Waals surface area contributed by atoms with Crippen LogP contribution in [0, 0.1) is 5.92 Å². The highest BCUT2D eigenvalue weighted by atomic mass is 16.2. The quantitative estimate of drug-likeness (QED) is 0.743. The average Bonchev–Trinajstić information content (AvgIpc) is 3.13. The molecule has 1 aromatic rings. The van der Waals surface area contributed by atoms with E-state index in [-0.39, 0.29) is 24.3 Å². The van der Waals surface area contributed by atoms with Gasteiger partial charge in [-0.1, -0.05) is 19.9 Å². The van der Waals surface area contributed by atoms with Crippen LogP contribution in [0.3, 0.4) is 0 Å². The van der Waals surface area contributed by atoms with Crippen LogP contribution >= 0.6 is 0 Å². The van der Waals surface area contributed by atoms with Crippen molar-refractivity contribution in [2.75, 3.05) is 23.3 Å². The Balaban J connectivity index is 1.62. The van der Waals surface area contributed by atoms with E-state index in [0.717, 1.165) is 17.0 Å². The Morgan fingerprint density at radius 3 is 2.74 bits per heavy atom. The van der Waals surface area contributed by atoms with Crippen LogP contribution in [0.5, 0.6) is 0 Å². The number of urea groups is 1. The maximum absolute atomic E-state index is 12.3. The zero-order valence-electron chi connectivity index (χ0n) is 15.5. The molecule has 0 radical (unpaired) electrons. The molecule has 0 spiro atoms. The van der Waals surface area contributed by atoms with Crippen molar-refractivity contribution in [1.82, 2.24) is 10.2 Å². The van der Waals surface area contributed by atoms with E-state index in [1.807, 2.05) is 19.9 Å². The molecular formula is C19H24N4O4. The Hall–Kier alpha value is -2.90.